The van der Waals surface area contributed by atoms with E-state index in [4.69, 9.17) is 21.3 Å². The number of pyridine rings is 1. The summed E-state index contributed by atoms with van der Waals surface area (Å²) < 4.78 is 22.9. The first-order valence-corrected chi connectivity index (χ1v) is 15.0. The predicted octanol–water partition coefficient (Wildman–Crippen LogP) is 5.26. The summed E-state index contributed by atoms with van der Waals surface area (Å²) in [6.07, 6.45) is 8.46. The summed E-state index contributed by atoms with van der Waals surface area (Å²) in [5.41, 5.74) is 1.52. The zero-order valence-electron chi connectivity index (χ0n) is 23.1. The Morgan fingerprint density at radius 1 is 1.15 bits per heavy atom. The van der Waals surface area contributed by atoms with E-state index >= 15 is 4.39 Å². The van der Waals surface area contributed by atoms with E-state index in [-0.39, 0.29) is 34.4 Å². The quantitative estimate of drug-likeness (QED) is 0.418. The van der Waals surface area contributed by atoms with Gasteiger partial charge in [0.25, 0.3) is 0 Å². The van der Waals surface area contributed by atoms with Crippen LogP contribution < -0.4 is 15.0 Å². The first-order chi connectivity index (χ1) is 19.3. The van der Waals surface area contributed by atoms with Crippen LogP contribution in [0.1, 0.15) is 63.9 Å². The highest BCUT2D eigenvalue weighted by Crippen LogP contribution is 2.42. The molecule has 2 bridgehead atoms. The highest BCUT2D eigenvalue weighted by Gasteiger charge is 2.45. The molecule has 10 heteroatoms. The van der Waals surface area contributed by atoms with Crippen molar-refractivity contribution in [2.24, 2.45) is 0 Å². The van der Waals surface area contributed by atoms with E-state index in [0.717, 1.165) is 57.4 Å². The molecule has 8 nitrogen and oxygen atoms in total. The SMILES string of the molecule is CC(C)c1c(Cl)cc(O)cc1-c1ncc2c(N3CC4CCC(C3)N4)nc(OCC34CCCN3CCC4)nc2c1F. The number of ether oxygens (including phenoxy) is 1. The van der Waals surface area contributed by atoms with E-state index in [1.165, 1.54) is 25.0 Å². The number of benzene rings is 1. The average Bonchev–Trinajstić information content (AvgIpc) is 3.60. The highest BCUT2D eigenvalue weighted by molar-refractivity contribution is 6.32. The van der Waals surface area contributed by atoms with Crippen LogP contribution >= 0.6 is 11.6 Å². The van der Waals surface area contributed by atoms with Gasteiger partial charge in [0.2, 0.25) is 0 Å². The maximum Gasteiger partial charge on any atom is 0.319 e. The first kappa shape index (κ1) is 26.2. The lowest BCUT2D eigenvalue weighted by Crippen LogP contribution is -2.51. The Balaban J connectivity index is 1.34. The number of aromatic nitrogens is 3. The second-order valence-corrected chi connectivity index (χ2v) is 12.7. The summed E-state index contributed by atoms with van der Waals surface area (Å²) in [6, 6.07) is 3.99. The maximum absolute atomic E-state index is 16.5. The third-order valence-electron chi connectivity index (χ3n) is 9.39. The number of halogens is 2. The maximum atomic E-state index is 16.5. The van der Waals surface area contributed by atoms with Gasteiger partial charge in [-0.3, -0.25) is 9.88 Å². The fourth-order valence-electron chi connectivity index (χ4n) is 7.53. The fourth-order valence-corrected chi connectivity index (χ4v) is 7.96. The van der Waals surface area contributed by atoms with Gasteiger partial charge >= 0.3 is 6.01 Å². The first-order valence-electron chi connectivity index (χ1n) is 14.6. The minimum Gasteiger partial charge on any atom is -0.508 e. The molecule has 0 spiro atoms. The van der Waals surface area contributed by atoms with Crippen molar-refractivity contribution in [3.8, 4) is 23.0 Å². The van der Waals surface area contributed by atoms with Crippen LogP contribution in [-0.4, -0.2) is 75.4 Å². The molecule has 4 aliphatic heterocycles. The normalized spacial score (nSPS) is 23.9. The van der Waals surface area contributed by atoms with Gasteiger partial charge in [-0.05, 0) is 75.2 Å². The van der Waals surface area contributed by atoms with Crippen molar-refractivity contribution in [3.63, 3.8) is 0 Å². The second-order valence-electron chi connectivity index (χ2n) is 12.3. The Kier molecular flexibility index (Phi) is 6.52. The Bertz CT molecular complexity index is 1450. The highest BCUT2D eigenvalue weighted by atomic mass is 35.5. The summed E-state index contributed by atoms with van der Waals surface area (Å²) in [4.78, 5) is 18.9. The Morgan fingerprint density at radius 3 is 2.58 bits per heavy atom. The van der Waals surface area contributed by atoms with Crippen LogP contribution in [0.2, 0.25) is 5.02 Å². The number of aromatic hydroxyl groups is 1. The molecule has 6 heterocycles. The van der Waals surface area contributed by atoms with Crippen LogP contribution in [-0.2, 0) is 0 Å². The van der Waals surface area contributed by atoms with E-state index in [0.29, 0.717) is 40.5 Å². The smallest absolute Gasteiger partial charge is 0.319 e. The number of hydrogen-bond acceptors (Lipinski definition) is 8. The lowest BCUT2D eigenvalue weighted by Gasteiger charge is -2.34. The number of nitrogens with one attached hydrogen (secondary N) is 1. The molecular weight excluding hydrogens is 531 g/mol. The Labute approximate surface area is 238 Å². The van der Waals surface area contributed by atoms with Crippen LogP contribution in [0.4, 0.5) is 10.2 Å². The van der Waals surface area contributed by atoms with Crippen LogP contribution in [0.5, 0.6) is 11.8 Å². The number of nitrogens with zero attached hydrogens (tertiary/aromatic N) is 5. The van der Waals surface area contributed by atoms with Crippen molar-refractivity contribution in [2.75, 3.05) is 37.7 Å². The molecule has 212 valence electrons. The second kappa shape index (κ2) is 9.96. The minimum atomic E-state index is -0.561. The molecule has 0 aliphatic carbocycles. The van der Waals surface area contributed by atoms with Crippen LogP contribution in [0.25, 0.3) is 22.2 Å². The van der Waals surface area contributed by atoms with Gasteiger partial charge < -0.3 is 20.1 Å². The van der Waals surface area contributed by atoms with Gasteiger partial charge in [0, 0.05) is 42.0 Å². The molecule has 3 aromatic rings. The van der Waals surface area contributed by atoms with Gasteiger partial charge in [0.15, 0.2) is 5.82 Å². The number of fused-ring (bicyclic) bond motifs is 4. The molecule has 2 aromatic heterocycles. The van der Waals surface area contributed by atoms with Gasteiger partial charge in [0.05, 0.1) is 10.9 Å². The fraction of sp³-hybridized carbons (Fsp3) is 0.567. The third-order valence-corrected chi connectivity index (χ3v) is 9.70. The van der Waals surface area contributed by atoms with Gasteiger partial charge in [-0.25, -0.2) is 4.39 Å². The van der Waals surface area contributed by atoms with Crippen molar-refractivity contribution in [2.45, 2.75) is 75.9 Å². The Hall–Kier alpha value is -2.75. The third kappa shape index (κ3) is 4.37. The van der Waals surface area contributed by atoms with Crippen molar-refractivity contribution in [3.05, 3.63) is 34.7 Å². The molecule has 40 heavy (non-hydrogen) atoms. The van der Waals surface area contributed by atoms with E-state index in [1.807, 2.05) is 13.8 Å². The van der Waals surface area contributed by atoms with Crippen molar-refractivity contribution in [1.29, 1.82) is 0 Å². The molecule has 2 N–H and O–H groups in total. The van der Waals surface area contributed by atoms with Crippen LogP contribution in [0, 0.1) is 5.82 Å². The van der Waals surface area contributed by atoms with Gasteiger partial charge in [-0.1, -0.05) is 25.4 Å². The number of anilines is 1. The summed E-state index contributed by atoms with van der Waals surface area (Å²) in [5, 5.41) is 14.9. The summed E-state index contributed by atoms with van der Waals surface area (Å²) in [5.74, 6) is 0.0679. The average molecular weight is 567 g/mol. The molecular formula is C30H36ClFN6O2. The van der Waals surface area contributed by atoms with Crippen LogP contribution in [0.15, 0.2) is 18.3 Å². The molecule has 7 rings (SSSR count). The number of phenols is 1. The van der Waals surface area contributed by atoms with Gasteiger partial charge in [-0.2, -0.15) is 9.97 Å². The molecule has 0 saturated carbocycles. The van der Waals surface area contributed by atoms with Gasteiger partial charge in [-0.15, -0.1) is 0 Å². The minimum absolute atomic E-state index is 0.00352. The monoisotopic (exact) mass is 566 g/mol. The molecule has 2 atom stereocenters. The van der Waals surface area contributed by atoms with Crippen LogP contribution in [0.3, 0.4) is 0 Å². The molecule has 2 unspecified atom stereocenters. The van der Waals surface area contributed by atoms with Crippen molar-refractivity contribution < 1.29 is 14.2 Å². The molecule has 0 amide bonds. The number of piperazine rings is 1. The van der Waals surface area contributed by atoms with Crippen molar-refractivity contribution in [1.82, 2.24) is 25.2 Å². The van der Waals surface area contributed by atoms with E-state index < -0.39 is 5.82 Å². The molecule has 4 fully saturated rings. The zero-order chi connectivity index (χ0) is 27.6. The number of hydrogen-bond donors (Lipinski definition) is 2. The van der Waals surface area contributed by atoms with E-state index in [2.05, 4.69) is 25.1 Å². The number of rotatable bonds is 6. The standard InChI is InChI=1S/C30H36ClFN6O2/c1-17(2)24-21(11-20(39)12-23(24)31)26-25(32)27-22(13-33-26)28(37-14-18-5-6-19(15-37)34-18)36-29(35-27)40-16-30-7-3-9-38(30)10-4-8-30/h11-13,17-19,34,39H,3-10,14-16H2,1-2H3. The molecule has 0 radical (unpaired) electrons. The van der Waals surface area contributed by atoms with Gasteiger partial charge in [0.1, 0.15) is 29.4 Å². The topological polar surface area (TPSA) is 86.6 Å². The summed E-state index contributed by atoms with van der Waals surface area (Å²) in [6.45, 7) is 8.27. The van der Waals surface area contributed by atoms with Crippen molar-refractivity contribution >= 4 is 28.3 Å². The summed E-state index contributed by atoms with van der Waals surface area (Å²) >= 11 is 6.51. The van der Waals surface area contributed by atoms with E-state index in [1.54, 1.807) is 6.20 Å². The zero-order valence-corrected chi connectivity index (χ0v) is 23.8. The summed E-state index contributed by atoms with van der Waals surface area (Å²) in [7, 11) is 0. The lowest BCUT2D eigenvalue weighted by atomic mass is 9.94. The molecule has 4 aliphatic rings. The van der Waals surface area contributed by atoms with E-state index in [9.17, 15) is 5.11 Å². The molecule has 4 saturated heterocycles. The largest absolute Gasteiger partial charge is 0.508 e. The molecule has 1 aromatic carbocycles. The number of phenolic OH excluding ortho intramolecular Hbond substituents is 1. The predicted molar refractivity (Wildman–Crippen MR) is 154 cm³/mol. The Morgan fingerprint density at radius 2 is 1.88 bits per heavy atom. The lowest BCUT2D eigenvalue weighted by molar-refractivity contribution is 0.108.